The molecule has 17 unspecified atom stereocenters. The molecule has 3 fully saturated rings. The van der Waals surface area contributed by atoms with Crippen LogP contribution in [-0.4, -0.2) is 193 Å². The minimum absolute atomic E-state index is 0.193. The van der Waals surface area contributed by atoms with Crippen molar-refractivity contribution in [2.24, 2.45) is 0 Å². The fourth-order valence-electron chi connectivity index (χ4n) is 6.17. The zero-order valence-corrected chi connectivity index (χ0v) is 29.5. The number of ether oxygens (including phenoxy) is 6. The normalized spacial score (nSPS) is 39.8. The molecule has 12 N–H and O–H groups in total. The Balaban J connectivity index is 1.65. The highest BCUT2D eigenvalue weighted by molar-refractivity contribution is 5.76. The number of nitrogens with one attached hydrogen (secondary N) is 1. The number of allylic oxidation sites excluding steroid dienone is 1. The van der Waals surface area contributed by atoms with Crippen LogP contribution in [0.5, 0.6) is 0 Å². The van der Waals surface area contributed by atoms with E-state index in [9.17, 15) is 61.0 Å². The van der Waals surface area contributed by atoms with Crippen LogP contribution in [-0.2, 0) is 33.2 Å². The van der Waals surface area contributed by atoms with Crippen molar-refractivity contribution in [1.29, 1.82) is 0 Å². The summed E-state index contributed by atoms with van der Waals surface area (Å²) in [6, 6.07) is -0.957. The number of unbranched alkanes of at least 4 members (excludes halogenated alkanes) is 4. The van der Waals surface area contributed by atoms with Crippen LogP contribution < -0.4 is 5.32 Å². The monoisotopic (exact) mass is 757 g/mol. The van der Waals surface area contributed by atoms with Crippen molar-refractivity contribution in [3.63, 3.8) is 0 Å². The molecule has 1 amide bonds. The Hall–Kier alpha value is -1.47. The van der Waals surface area contributed by atoms with E-state index in [1.807, 2.05) is 13.0 Å². The Morgan fingerprint density at radius 3 is 1.73 bits per heavy atom. The van der Waals surface area contributed by atoms with Crippen molar-refractivity contribution in [2.75, 3.05) is 26.4 Å². The van der Waals surface area contributed by atoms with Gasteiger partial charge in [0, 0.05) is 6.42 Å². The summed E-state index contributed by atoms with van der Waals surface area (Å²) in [5, 5.41) is 117. The molecule has 0 radical (unpaired) electrons. The molecule has 0 aromatic rings. The van der Waals surface area contributed by atoms with E-state index in [1.54, 1.807) is 6.08 Å². The lowest BCUT2D eigenvalue weighted by atomic mass is 9.96. The molecule has 0 saturated carbocycles. The summed E-state index contributed by atoms with van der Waals surface area (Å²) >= 11 is 0. The van der Waals surface area contributed by atoms with Crippen molar-refractivity contribution in [3.8, 4) is 0 Å². The molecule has 19 heteroatoms. The fourth-order valence-corrected chi connectivity index (χ4v) is 6.17. The van der Waals surface area contributed by atoms with Gasteiger partial charge in [-0.15, -0.1) is 0 Å². The molecule has 3 aliphatic rings. The maximum atomic E-state index is 12.4. The maximum absolute atomic E-state index is 12.4. The Kier molecular flexibility index (Phi) is 19.2. The van der Waals surface area contributed by atoms with Gasteiger partial charge in [0.25, 0.3) is 0 Å². The summed E-state index contributed by atoms with van der Waals surface area (Å²) in [5.74, 6) is -0.339. The van der Waals surface area contributed by atoms with Gasteiger partial charge in [0.2, 0.25) is 5.91 Å². The first-order valence-corrected chi connectivity index (χ1v) is 17.9. The fraction of sp³-hybridized carbons (Fsp3) is 0.909. The van der Waals surface area contributed by atoms with Crippen molar-refractivity contribution >= 4 is 5.91 Å². The van der Waals surface area contributed by atoms with Crippen molar-refractivity contribution in [1.82, 2.24) is 5.32 Å². The number of carbonyl (C=O) groups is 1. The number of hydrogen-bond donors (Lipinski definition) is 12. The molecule has 0 spiro atoms. The molecule has 3 aliphatic heterocycles. The molecule has 0 aliphatic carbocycles. The standard InChI is InChI=1S/C33H59NO18/c1-3-5-6-7-8-9-11-17(38)16(34-21(39)10-4-2)15-47-31-27(45)24(42)29(19(13-36)49-31)52-33-28(46)25(43)30(20(14-37)50-33)51-32-26(44)23(41)22(40)18(12-35)48-32/h9,11,16-20,22-33,35-38,40-46H,3-8,10,12-15H2,1-2H3,(H,34,39)/b11-9+. The van der Waals surface area contributed by atoms with E-state index in [-0.39, 0.29) is 18.9 Å². The highest BCUT2D eigenvalue weighted by Gasteiger charge is 2.53. The molecular formula is C33H59NO18. The topological polar surface area (TPSA) is 307 Å². The van der Waals surface area contributed by atoms with Crippen LogP contribution in [0.2, 0.25) is 0 Å². The van der Waals surface area contributed by atoms with E-state index < -0.39 is 124 Å². The highest BCUT2D eigenvalue weighted by Crippen LogP contribution is 2.32. The van der Waals surface area contributed by atoms with Crippen LogP contribution in [0.4, 0.5) is 0 Å². The van der Waals surface area contributed by atoms with Crippen LogP contribution in [0.15, 0.2) is 12.2 Å². The highest BCUT2D eigenvalue weighted by atomic mass is 16.8. The first-order valence-electron chi connectivity index (χ1n) is 17.9. The molecule has 52 heavy (non-hydrogen) atoms. The summed E-state index contributed by atoms with van der Waals surface area (Å²) in [4.78, 5) is 12.4. The third-order valence-corrected chi connectivity index (χ3v) is 9.31. The second kappa shape index (κ2) is 22.2. The van der Waals surface area contributed by atoms with Gasteiger partial charge in [0.1, 0.15) is 73.2 Å². The number of hydrogen-bond acceptors (Lipinski definition) is 18. The van der Waals surface area contributed by atoms with Gasteiger partial charge < -0.3 is 89.9 Å². The van der Waals surface area contributed by atoms with E-state index in [1.165, 1.54) is 0 Å². The minimum atomic E-state index is -1.97. The molecule has 0 aromatic carbocycles. The zero-order chi connectivity index (χ0) is 38.5. The van der Waals surface area contributed by atoms with Gasteiger partial charge >= 0.3 is 0 Å². The van der Waals surface area contributed by atoms with Crippen molar-refractivity contribution in [2.45, 2.75) is 163 Å². The average molecular weight is 758 g/mol. The third-order valence-electron chi connectivity index (χ3n) is 9.31. The van der Waals surface area contributed by atoms with E-state index in [2.05, 4.69) is 12.2 Å². The van der Waals surface area contributed by atoms with Crippen LogP contribution >= 0.6 is 0 Å². The number of aliphatic hydroxyl groups excluding tert-OH is 11. The van der Waals surface area contributed by atoms with E-state index in [0.717, 1.165) is 32.1 Å². The number of rotatable bonds is 20. The van der Waals surface area contributed by atoms with Gasteiger partial charge in [-0.1, -0.05) is 45.3 Å². The lowest BCUT2D eigenvalue weighted by Gasteiger charge is -2.48. The van der Waals surface area contributed by atoms with Gasteiger partial charge in [-0.25, -0.2) is 0 Å². The second-order valence-corrected chi connectivity index (χ2v) is 13.3. The Morgan fingerprint density at radius 2 is 1.19 bits per heavy atom. The third kappa shape index (κ3) is 11.8. The Bertz CT molecular complexity index is 1050. The van der Waals surface area contributed by atoms with Crippen LogP contribution in [0.1, 0.15) is 58.8 Å². The SMILES string of the molecule is CCCCCC/C=C/C(O)C(COC1OC(CO)C(OC2OC(CO)C(OC3OC(CO)C(O)C(O)C3O)C(O)C2O)C(O)C1O)NC(=O)CCC. The zero-order valence-electron chi connectivity index (χ0n) is 29.5. The molecule has 17 atom stereocenters. The van der Waals surface area contributed by atoms with Crippen molar-refractivity contribution < 1.29 is 89.4 Å². The van der Waals surface area contributed by atoms with E-state index >= 15 is 0 Å². The first-order chi connectivity index (χ1) is 24.8. The lowest BCUT2D eigenvalue weighted by Crippen LogP contribution is -2.66. The van der Waals surface area contributed by atoms with Gasteiger partial charge in [0.15, 0.2) is 18.9 Å². The molecule has 0 aromatic heterocycles. The predicted octanol–water partition coefficient (Wildman–Crippen LogP) is -4.38. The Morgan fingerprint density at radius 1 is 0.673 bits per heavy atom. The van der Waals surface area contributed by atoms with Gasteiger partial charge in [-0.2, -0.15) is 0 Å². The van der Waals surface area contributed by atoms with Gasteiger partial charge in [-0.05, 0) is 19.3 Å². The van der Waals surface area contributed by atoms with Crippen molar-refractivity contribution in [3.05, 3.63) is 12.2 Å². The quantitative estimate of drug-likeness (QED) is 0.0412. The summed E-state index contributed by atoms with van der Waals surface area (Å²) in [6.45, 7) is 1.14. The molecule has 3 saturated heterocycles. The van der Waals surface area contributed by atoms with Gasteiger partial charge in [0.05, 0.1) is 38.6 Å². The van der Waals surface area contributed by atoms with Crippen LogP contribution in [0.25, 0.3) is 0 Å². The van der Waals surface area contributed by atoms with Gasteiger partial charge in [-0.3, -0.25) is 4.79 Å². The number of carbonyl (C=O) groups excluding carboxylic acids is 1. The molecule has 3 rings (SSSR count). The van der Waals surface area contributed by atoms with E-state index in [0.29, 0.717) is 6.42 Å². The van der Waals surface area contributed by atoms with Crippen LogP contribution in [0.3, 0.4) is 0 Å². The van der Waals surface area contributed by atoms with E-state index in [4.69, 9.17) is 28.4 Å². The number of amides is 1. The molecule has 19 nitrogen and oxygen atoms in total. The number of aliphatic hydroxyl groups is 11. The smallest absolute Gasteiger partial charge is 0.220 e. The molecule has 0 bridgehead atoms. The summed E-state index contributed by atoms with van der Waals surface area (Å²) in [7, 11) is 0. The minimum Gasteiger partial charge on any atom is -0.394 e. The summed E-state index contributed by atoms with van der Waals surface area (Å²) in [6.07, 6.45) is -17.7. The maximum Gasteiger partial charge on any atom is 0.220 e. The summed E-state index contributed by atoms with van der Waals surface area (Å²) < 4.78 is 33.5. The molecular weight excluding hydrogens is 698 g/mol. The lowest BCUT2D eigenvalue weighted by molar-refractivity contribution is -0.379. The Labute approximate surface area is 302 Å². The summed E-state index contributed by atoms with van der Waals surface area (Å²) in [5.41, 5.74) is 0. The molecule has 3 heterocycles. The van der Waals surface area contributed by atoms with Crippen LogP contribution in [0, 0.1) is 0 Å². The predicted molar refractivity (Wildman–Crippen MR) is 176 cm³/mol. The average Bonchev–Trinajstić information content (AvgIpc) is 3.13. The molecule has 304 valence electrons. The first kappa shape index (κ1) is 44.9. The largest absolute Gasteiger partial charge is 0.394 e. The second-order valence-electron chi connectivity index (χ2n) is 13.3.